The number of aromatic nitrogens is 2. The Kier molecular flexibility index (Phi) is 2.45. The predicted molar refractivity (Wildman–Crippen MR) is 73.7 cm³/mol. The Morgan fingerprint density at radius 1 is 1.21 bits per heavy atom. The molecule has 3 rings (SSSR count). The summed E-state index contributed by atoms with van der Waals surface area (Å²) in [5.74, 6) is -0.128. The maximum atomic E-state index is 12.5. The maximum Gasteiger partial charge on any atom is 0.266 e. The molecule has 0 fully saturated rings. The van der Waals surface area contributed by atoms with Crippen LogP contribution in [-0.2, 0) is 0 Å². The Morgan fingerprint density at radius 3 is 2.74 bits per heavy atom. The fraction of sp³-hybridized carbons (Fsp3) is 0.133. The average molecular weight is 252 g/mol. The van der Waals surface area contributed by atoms with Crippen LogP contribution in [0, 0.1) is 6.92 Å². The van der Waals surface area contributed by atoms with Crippen LogP contribution in [0.4, 0.5) is 0 Å². The summed E-state index contributed by atoms with van der Waals surface area (Å²) >= 11 is 0. The standard InChI is InChI=1S/C15H12N2O2/c1-9-6-7-13-16-12-5-3-4-11(10(2)18)14(12)15(19)17(13)8-9/h3-8H,1-2H3. The Morgan fingerprint density at radius 2 is 2.00 bits per heavy atom. The number of hydrogen-bond acceptors (Lipinski definition) is 3. The summed E-state index contributed by atoms with van der Waals surface area (Å²) in [6.07, 6.45) is 1.74. The van der Waals surface area contributed by atoms with Gasteiger partial charge in [0.1, 0.15) is 5.65 Å². The highest BCUT2D eigenvalue weighted by molar-refractivity contribution is 6.06. The van der Waals surface area contributed by atoms with Gasteiger partial charge in [-0.1, -0.05) is 18.2 Å². The number of carbonyl (C=O) groups is 1. The number of rotatable bonds is 1. The molecule has 0 aliphatic heterocycles. The lowest BCUT2D eigenvalue weighted by Gasteiger charge is -2.06. The van der Waals surface area contributed by atoms with Crippen molar-refractivity contribution < 1.29 is 4.79 Å². The number of carbonyl (C=O) groups excluding carboxylic acids is 1. The van der Waals surface area contributed by atoms with Crippen molar-refractivity contribution in [3.8, 4) is 0 Å². The molecule has 0 N–H and O–H groups in total. The normalized spacial score (nSPS) is 11.1. The predicted octanol–water partition coefficient (Wildman–Crippen LogP) is 2.36. The van der Waals surface area contributed by atoms with Crippen LogP contribution in [0.2, 0.25) is 0 Å². The molecule has 0 spiro atoms. The first kappa shape index (κ1) is 11.6. The van der Waals surface area contributed by atoms with E-state index < -0.39 is 0 Å². The van der Waals surface area contributed by atoms with Crippen LogP contribution in [0.25, 0.3) is 16.6 Å². The summed E-state index contributed by atoms with van der Waals surface area (Å²) in [6.45, 7) is 3.37. The molecule has 19 heavy (non-hydrogen) atoms. The lowest BCUT2D eigenvalue weighted by Crippen LogP contribution is -2.17. The quantitative estimate of drug-likeness (QED) is 0.493. The van der Waals surface area contributed by atoms with Gasteiger partial charge in [0, 0.05) is 11.8 Å². The molecule has 2 heterocycles. The Labute approximate surface area is 109 Å². The van der Waals surface area contributed by atoms with Crippen molar-refractivity contribution in [1.82, 2.24) is 9.38 Å². The van der Waals surface area contributed by atoms with Gasteiger partial charge in [-0.05, 0) is 31.5 Å². The van der Waals surface area contributed by atoms with Crippen molar-refractivity contribution in [3.05, 3.63) is 58.0 Å². The van der Waals surface area contributed by atoms with Crippen LogP contribution in [-0.4, -0.2) is 15.2 Å². The van der Waals surface area contributed by atoms with Gasteiger partial charge >= 0.3 is 0 Å². The smallest absolute Gasteiger partial charge is 0.266 e. The molecular formula is C15H12N2O2. The van der Waals surface area contributed by atoms with Crippen LogP contribution >= 0.6 is 0 Å². The third-order valence-corrected chi connectivity index (χ3v) is 3.16. The Bertz CT molecular complexity index is 878. The molecule has 4 nitrogen and oxygen atoms in total. The van der Waals surface area contributed by atoms with Gasteiger partial charge in [0.25, 0.3) is 5.56 Å². The molecule has 2 aromatic heterocycles. The zero-order valence-electron chi connectivity index (χ0n) is 10.7. The molecule has 1 aromatic carbocycles. The Hall–Kier alpha value is -2.49. The van der Waals surface area contributed by atoms with Crippen LogP contribution in [0.1, 0.15) is 22.8 Å². The molecule has 0 aliphatic rings. The zero-order chi connectivity index (χ0) is 13.6. The van der Waals surface area contributed by atoms with E-state index >= 15 is 0 Å². The number of fused-ring (bicyclic) bond motifs is 2. The first-order chi connectivity index (χ1) is 9.08. The van der Waals surface area contributed by atoms with Gasteiger partial charge in [-0.15, -0.1) is 0 Å². The SMILES string of the molecule is CC(=O)c1cccc2nc3ccc(C)cn3c(=O)c12. The molecule has 0 saturated heterocycles. The number of aryl methyl sites for hydroxylation is 1. The summed E-state index contributed by atoms with van der Waals surface area (Å²) < 4.78 is 1.49. The number of nitrogens with zero attached hydrogens (tertiary/aromatic N) is 2. The van der Waals surface area contributed by atoms with E-state index in [0.29, 0.717) is 22.1 Å². The molecule has 0 aliphatic carbocycles. The van der Waals surface area contributed by atoms with Crippen molar-refractivity contribution >= 4 is 22.3 Å². The average Bonchev–Trinajstić information content (AvgIpc) is 2.39. The molecule has 0 saturated carbocycles. The third-order valence-electron chi connectivity index (χ3n) is 3.16. The second kappa shape index (κ2) is 4.02. The van der Waals surface area contributed by atoms with Crippen LogP contribution < -0.4 is 5.56 Å². The highest BCUT2D eigenvalue weighted by atomic mass is 16.1. The molecule has 0 radical (unpaired) electrons. The zero-order valence-corrected chi connectivity index (χ0v) is 10.7. The minimum absolute atomic E-state index is 0.128. The van der Waals surface area contributed by atoms with E-state index in [-0.39, 0.29) is 11.3 Å². The van der Waals surface area contributed by atoms with E-state index in [0.717, 1.165) is 5.56 Å². The van der Waals surface area contributed by atoms with Gasteiger partial charge < -0.3 is 0 Å². The van der Waals surface area contributed by atoms with E-state index in [1.165, 1.54) is 11.3 Å². The van der Waals surface area contributed by atoms with Gasteiger partial charge in [-0.2, -0.15) is 0 Å². The van der Waals surface area contributed by atoms with Crippen molar-refractivity contribution in [3.63, 3.8) is 0 Å². The molecule has 0 unspecified atom stereocenters. The van der Waals surface area contributed by atoms with Gasteiger partial charge in [0.05, 0.1) is 10.9 Å². The molecule has 4 heteroatoms. The first-order valence-corrected chi connectivity index (χ1v) is 6.00. The van der Waals surface area contributed by atoms with Crippen LogP contribution in [0.15, 0.2) is 41.3 Å². The van der Waals surface area contributed by atoms with Crippen molar-refractivity contribution in [1.29, 1.82) is 0 Å². The monoisotopic (exact) mass is 252 g/mol. The van der Waals surface area contributed by atoms with E-state index in [4.69, 9.17) is 0 Å². The minimum atomic E-state index is -0.200. The second-order valence-corrected chi connectivity index (χ2v) is 4.61. The van der Waals surface area contributed by atoms with E-state index in [2.05, 4.69) is 4.98 Å². The lowest BCUT2D eigenvalue weighted by atomic mass is 10.1. The van der Waals surface area contributed by atoms with Crippen LogP contribution in [0.5, 0.6) is 0 Å². The van der Waals surface area contributed by atoms with Gasteiger partial charge in [-0.25, -0.2) is 4.98 Å². The van der Waals surface area contributed by atoms with Crippen LogP contribution in [0.3, 0.4) is 0 Å². The fourth-order valence-corrected chi connectivity index (χ4v) is 2.25. The molecule has 0 bridgehead atoms. The van der Waals surface area contributed by atoms with Crippen molar-refractivity contribution in [2.24, 2.45) is 0 Å². The molecular weight excluding hydrogens is 240 g/mol. The number of pyridine rings is 1. The van der Waals surface area contributed by atoms with Gasteiger partial charge in [0.15, 0.2) is 5.78 Å². The lowest BCUT2D eigenvalue weighted by molar-refractivity contribution is 0.101. The van der Waals surface area contributed by atoms with E-state index in [1.54, 1.807) is 30.5 Å². The van der Waals surface area contributed by atoms with E-state index in [9.17, 15) is 9.59 Å². The fourth-order valence-electron chi connectivity index (χ4n) is 2.25. The second-order valence-electron chi connectivity index (χ2n) is 4.61. The minimum Gasteiger partial charge on any atom is -0.294 e. The molecule has 94 valence electrons. The molecule has 0 amide bonds. The summed E-state index contributed by atoms with van der Waals surface area (Å²) in [4.78, 5) is 28.6. The van der Waals surface area contributed by atoms with Crippen molar-refractivity contribution in [2.75, 3.05) is 0 Å². The van der Waals surface area contributed by atoms with Gasteiger partial charge in [-0.3, -0.25) is 14.0 Å². The maximum absolute atomic E-state index is 12.5. The highest BCUT2D eigenvalue weighted by Crippen LogP contribution is 2.15. The summed E-state index contributed by atoms with van der Waals surface area (Å²) in [5, 5.41) is 0.387. The summed E-state index contributed by atoms with van der Waals surface area (Å²) in [6, 6.07) is 8.87. The van der Waals surface area contributed by atoms with Crippen molar-refractivity contribution in [2.45, 2.75) is 13.8 Å². The molecule has 3 aromatic rings. The summed E-state index contributed by atoms with van der Waals surface area (Å²) in [7, 11) is 0. The molecule has 0 atom stereocenters. The summed E-state index contributed by atoms with van der Waals surface area (Å²) in [5.41, 5.74) is 2.34. The number of Topliss-reactive ketones (excluding diaryl/α,β-unsaturated/α-hetero) is 1. The number of ketones is 1. The van der Waals surface area contributed by atoms with E-state index in [1.807, 2.05) is 13.0 Å². The Balaban J connectivity index is 2.59. The first-order valence-electron chi connectivity index (χ1n) is 6.00. The highest BCUT2D eigenvalue weighted by Gasteiger charge is 2.12. The van der Waals surface area contributed by atoms with Gasteiger partial charge in [0.2, 0.25) is 0 Å². The number of benzene rings is 1. The largest absolute Gasteiger partial charge is 0.294 e. The number of hydrogen-bond donors (Lipinski definition) is 0. The third kappa shape index (κ3) is 1.73. The topological polar surface area (TPSA) is 51.4 Å².